The van der Waals surface area contributed by atoms with Gasteiger partial charge in [-0.1, -0.05) is 6.92 Å². The molecule has 30 heavy (non-hydrogen) atoms. The van der Waals surface area contributed by atoms with Crippen LogP contribution in [0.1, 0.15) is 46.9 Å². The summed E-state index contributed by atoms with van der Waals surface area (Å²) in [5.41, 5.74) is 0.413. The SMILES string of the molecule is CC[C@@H]1CN(c2nc(=O)n(C)c3c2nc(CCl)n3C)[C@@H](C)CN1C(=O)OC(C)(C)C. The Kier molecular flexibility index (Phi) is 6.04. The lowest BCUT2D eigenvalue weighted by Gasteiger charge is -2.45. The number of alkyl halides is 1. The van der Waals surface area contributed by atoms with Gasteiger partial charge in [-0.3, -0.25) is 4.57 Å². The van der Waals surface area contributed by atoms with Gasteiger partial charge in [0.25, 0.3) is 0 Å². The number of aromatic nitrogens is 4. The fourth-order valence-corrected chi connectivity index (χ4v) is 4.16. The van der Waals surface area contributed by atoms with Gasteiger partial charge in [0.05, 0.1) is 11.9 Å². The number of hydrogen-bond acceptors (Lipinski definition) is 6. The van der Waals surface area contributed by atoms with E-state index < -0.39 is 5.60 Å². The molecule has 0 aliphatic carbocycles. The highest BCUT2D eigenvalue weighted by atomic mass is 35.5. The van der Waals surface area contributed by atoms with Crippen LogP contribution in [0.3, 0.4) is 0 Å². The van der Waals surface area contributed by atoms with E-state index in [-0.39, 0.29) is 29.7 Å². The number of ether oxygens (including phenoxy) is 1. The molecule has 1 fully saturated rings. The van der Waals surface area contributed by atoms with Crippen molar-refractivity contribution < 1.29 is 9.53 Å². The lowest BCUT2D eigenvalue weighted by molar-refractivity contribution is 0.0106. The third-order valence-corrected chi connectivity index (χ3v) is 5.75. The molecule has 10 heteroatoms. The molecule has 1 amide bonds. The molecule has 166 valence electrons. The number of fused-ring (bicyclic) bond motifs is 1. The fourth-order valence-electron chi connectivity index (χ4n) is 3.92. The Labute approximate surface area is 181 Å². The quantitative estimate of drug-likeness (QED) is 0.685. The molecule has 2 aromatic rings. The highest BCUT2D eigenvalue weighted by molar-refractivity contribution is 6.16. The first kappa shape index (κ1) is 22.4. The fraction of sp³-hybridized carbons (Fsp3) is 0.700. The number of hydrogen-bond donors (Lipinski definition) is 0. The predicted molar refractivity (Wildman–Crippen MR) is 117 cm³/mol. The second-order valence-corrected chi connectivity index (χ2v) is 9.13. The topological polar surface area (TPSA) is 85.5 Å². The van der Waals surface area contributed by atoms with Crippen LogP contribution in [0.15, 0.2) is 4.79 Å². The summed E-state index contributed by atoms with van der Waals surface area (Å²) in [5, 5.41) is 0. The third kappa shape index (κ3) is 3.99. The van der Waals surface area contributed by atoms with E-state index in [1.165, 1.54) is 4.57 Å². The highest BCUT2D eigenvalue weighted by Gasteiger charge is 2.37. The monoisotopic (exact) mass is 438 g/mol. The molecule has 3 heterocycles. The number of piperazine rings is 1. The van der Waals surface area contributed by atoms with Crippen LogP contribution in [0.25, 0.3) is 11.2 Å². The smallest absolute Gasteiger partial charge is 0.410 e. The van der Waals surface area contributed by atoms with Gasteiger partial charge in [-0.2, -0.15) is 4.98 Å². The molecule has 3 rings (SSSR count). The van der Waals surface area contributed by atoms with Crippen molar-refractivity contribution in [3.63, 3.8) is 0 Å². The molecule has 1 aliphatic heterocycles. The molecule has 0 aromatic carbocycles. The zero-order valence-corrected chi connectivity index (χ0v) is 19.5. The molecule has 0 unspecified atom stereocenters. The number of carbonyl (C=O) groups excluding carboxylic acids is 1. The van der Waals surface area contributed by atoms with Crippen molar-refractivity contribution in [1.82, 2.24) is 24.0 Å². The molecule has 9 nitrogen and oxygen atoms in total. The summed E-state index contributed by atoms with van der Waals surface area (Å²) < 4.78 is 8.92. The van der Waals surface area contributed by atoms with Gasteiger partial charge in [-0.15, -0.1) is 11.6 Å². The van der Waals surface area contributed by atoms with Crippen LogP contribution in [-0.4, -0.2) is 60.9 Å². The van der Waals surface area contributed by atoms with Gasteiger partial charge in [-0.25, -0.2) is 14.6 Å². The summed E-state index contributed by atoms with van der Waals surface area (Å²) in [4.78, 5) is 38.2. The van der Waals surface area contributed by atoms with E-state index in [9.17, 15) is 9.59 Å². The highest BCUT2D eigenvalue weighted by Crippen LogP contribution is 2.29. The maximum atomic E-state index is 12.8. The number of rotatable bonds is 3. The van der Waals surface area contributed by atoms with Crippen molar-refractivity contribution in [2.75, 3.05) is 18.0 Å². The molecule has 1 saturated heterocycles. The first-order valence-corrected chi connectivity index (χ1v) is 10.8. The minimum absolute atomic E-state index is 0.0619. The maximum absolute atomic E-state index is 12.8. The van der Waals surface area contributed by atoms with Gasteiger partial charge in [0.1, 0.15) is 22.6 Å². The molecule has 0 radical (unpaired) electrons. The molecule has 0 N–H and O–H groups in total. The molecule has 0 spiro atoms. The number of carbonyl (C=O) groups is 1. The number of halogens is 1. The van der Waals surface area contributed by atoms with Crippen LogP contribution in [0.2, 0.25) is 0 Å². The van der Waals surface area contributed by atoms with E-state index in [1.54, 1.807) is 11.9 Å². The largest absolute Gasteiger partial charge is 0.444 e. The third-order valence-electron chi connectivity index (χ3n) is 5.51. The number of anilines is 1. The number of amides is 1. The molecule has 0 bridgehead atoms. The van der Waals surface area contributed by atoms with Crippen molar-refractivity contribution in [1.29, 1.82) is 0 Å². The van der Waals surface area contributed by atoms with Crippen LogP contribution < -0.4 is 10.6 Å². The van der Waals surface area contributed by atoms with E-state index in [2.05, 4.69) is 14.9 Å². The van der Waals surface area contributed by atoms with Crippen LogP contribution >= 0.6 is 11.6 Å². The summed E-state index contributed by atoms with van der Waals surface area (Å²) in [7, 11) is 3.52. The van der Waals surface area contributed by atoms with Crippen LogP contribution in [0, 0.1) is 0 Å². The molecular weight excluding hydrogens is 408 g/mol. The Hall–Kier alpha value is -2.29. The van der Waals surface area contributed by atoms with Gasteiger partial charge in [0.2, 0.25) is 0 Å². The lowest BCUT2D eigenvalue weighted by Crippen LogP contribution is -2.60. The molecule has 0 saturated carbocycles. The zero-order valence-electron chi connectivity index (χ0n) is 18.8. The molecular formula is C20H31ClN6O3. The second-order valence-electron chi connectivity index (χ2n) is 8.87. The number of imidazole rings is 1. The lowest BCUT2D eigenvalue weighted by atomic mass is 10.1. The van der Waals surface area contributed by atoms with Crippen molar-refractivity contribution in [3.05, 3.63) is 16.3 Å². The Morgan fingerprint density at radius 1 is 1.20 bits per heavy atom. The Morgan fingerprint density at radius 3 is 2.43 bits per heavy atom. The Balaban J connectivity index is 2.02. The average molecular weight is 439 g/mol. The summed E-state index contributed by atoms with van der Waals surface area (Å²) in [6, 6.07) is -0.127. The first-order chi connectivity index (χ1) is 14.0. The Bertz CT molecular complexity index is 1010. The van der Waals surface area contributed by atoms with Crippen molar-refractivity contribution >= 4 is 34.7 Å². The van der Waals surface area contributed by atoms with Gasteiger partial charge in [0.15, 0.2) is 5.82 Å². The number of aryl methyl sites for hydroxylation is 2. The van der Waals surface area contributed by atoms with Crippen molar-refractivity contribution in [3.8, 4) is 0 Å². The summed E-state index contributed by atoms with van der Waals surface area (Å²) in [5.74, 6) is 1.44. The summed E-state index contributed by atoms with van der Waals surface area (Å²) >= 11 is 6.05. The standard InChI is InChI=1S/C20H31ClN6O3/c1-8-13-11-26(12(2)10-27(13)19(29)30-20(3,4)5)16-15-17(25(7)18(28)23-16)24(6)14(9-21)22-15/h12-13H,8-11H2,1-7H3/t12-,13+/m0/s1. The molecule has 1 aliphatic rings. The van der Waals surface area contributed by atoms with Crippen LogP contribution in [0.5, 0.6) is 0 Å². The van der Waals surface area contributed by atoms with Gasteiger partial charge >= 0.3 is 11.8 Å². The van der Waals surface area contributed by atoms with E-state index in [0.29, 0.717) is 35.9 Å². The van der Waals surface area contributed by atoms with Crippen LogP contribution in [0.4, 0.5) is 10.6 Å². The molecule has 2 atom stereocenters. The van der Waals surface area contributed by atoms with E-state index >= 15 is 0 Å². The summed E-state index contributed by atoms with van der Waals surface area (Å²) in [6.07, 6.45) is 0.441. The average Bonchev–Trinajstić information content (AvgIpc) is 3.00. The Morgan fingerprint density at radius 2 is 1.87 bits per heavy atom. The van der Waals surface area contributed by atoms with Gasteiger partial charge in [-0.05, 0) is 34.1 Å². The molecule has 2 aromatic heterocycles. The predicted octanol–water partition coefficient (Wildman–Crippen LogP) is 2.63. The van der Waals surface area contributed by atoms with E-state index in [1.807, 2.05) is 46.2 Å². The van der Waals surface area contributed by atoms with Gasteiger partial charge < -0.3 is 19.1 Å². The van der Waals surface area contributed by atoms with Gasteiger partial charge in [0, 0.05) is 33.2 Å². The van der Waals surface area contributed by atoms with E-state index in [4.69, 9.17) is 16.3 Å². The minimum Gasteiger partial charge on any atom is -0.444 e. The first-order valence-electron chi connectivity index (χ1n) is 10.2. The van der Waals surface area contributed by atoms with Crippen LogP contribution in [-0.2, 0) is 24.7 Å². The van der Waals surface area contributed by atoms with E-state index in [0.717, 1.165) is 6.42 Å². The van der Waals surface area contributed by atoms with Crippen molar-refractivity contribution in [2.24, 2.45) is 14.1 Å². The normalized spacial score (nSPS) is 20.1. The minimum atomic E-state index is -0.555. The second kappa shape index (κ2) is 8.09. The van der Waals surface area contributed by atoms with Crippen molar-refractivity contribution in [2.45, 2.75) is 64.6 Å². The zero-order chi connectivity index (χ0) is 22.4. The number of nitrogens with zero attached hydrogens (tertiary/aromatic N) is 6. The maximum Gasteiger partial charge on any atom is 0.410 e. The summed E-state index contributed by atoms with van der Waals surface area (Å²) in [6.45, 7) is 10.7.